The normalized spacial score (nSPS) is 23.2. The molecule has 0 aromatic heterocycles. The number of unbranched alkanes of at least 4 members (excludes halogenated alkanes) is 1. The highest BCUT2D eigenvalue weighted by molar-refractivity contribution is 4.91. The molecule has 0 amide bonds. The summed E-state index contributed by atoms with van der Waals surface area (Å²) < 4.78 is 0. The molecule has 2 N–H and O–H groups in total. The second kappa shape index (κ2) is 6.61. The highest BCUT2D eigenvalue weighted by Gasteiger charge is 2.38. The van der Waals surface area contributed by atoms with Gasteiger partial charge in [-0.2, -0.15) is 0 Å². The van der Waals surface area contributed by atoms with Crippen molar-refractivity contribution in [2.75, 3.05) is 0 Å². The molecule has 2 heteroatoms. The molecule has 0 saturated heterocycles. The highest BCUT2D eigenvalue weighted by atomic mass is 16.3. The predicted octanol–water partition coefficient (Wildman–Crippen LogP) is 3.26. The number of hydrogen-bond acceptors (Lipinski definition) is 2. The maximum absolute atomic E-state index is 10.3. The molecule has 2 nitrogen and oxygen atoms in total. The van der Waals surface area contributed by atoms with Crippen molar-refractivity contribution < 1.29 is 10.2 Å². The van der Waals surface area contributed by atoms with E-state index in [4.69, 9.17) is 0 Å². The van der Waals surface area contributed by atoms with E-state index in [1.54, 1.807) is 0 Å². The summed E-state index contributed by atoms with van der Waals surface area (Å²) in [6.45, 7) is 4.39. The van der Waals surface area contributed by atoms with Crippen LogP contribution in [0.2, 0.25) is 0 Å². The lowest BCUT2D eigenvalue weighted by Gasteiger charge is -2.31. The molecular formula is C14H28O2. The van der Waals surface area contributed by atoms with Gasteiger partial charge in [0.1, 0.15) is 0 Å². The summed E-state index contributed by atoms with van der Waals surface area (Å²) in [6.07, 6.45) is 8.77. The Bertz CT molecular complexity index is 185. The van der Waals surface area contributed by atoms with Crippen LogP contribution in [0.5, 0.6) is 0 Å². The summed E-state index contributed by atoms with van der Waals surface area (Å²) in [5, 5.41) is 20.4. The van der Waals surface area contributed by atoms with Crippen molar-refractivity contribution in [2.24, 2.45) is 5.92 Å². The van der Waals surface area contributed by atoms with Crippen molar-refractivity contribution in [1.82, 2.24) is 0 Å². The lowest BCUT2D eigenvalue weighted by Crippen LogP contribution is -2.40. The van der Waals surface area contributed by atoms with E-state index in [1.165, 1.54) is 19.3 Å². The fraction of sp³-hybridized carbons (Fsp3) is 1.00. The van der Waals surface area contributed by atoms with E-state index >= 15 is 0 Å². The first-order chi connectivity index (χ1) is 7.62. The Morgan fingerprint density at radius 2 is 1.81 bits per heavy atom. The summed E-state index contributed by atoms with van der Waals surface area (Å²) in [6, 6.07) is 0. The first-order valence-electron chi connectivity index (χ1n) is 7.02. The van der Waals surface area contributed by atoms with Gasteiger partial charge in [-0.3, -0.25) is 0 Å². The molecule has 2 unspecified atom stereocenters. The van der Waals surface area contributed by atoms with E-state index in [2.05, 4.69) is 13.8 Å². The van der Waals surface area contributed by atoms with Gasteiger partial charge in [0, 0.05) is 0 Å². The van der Waals surface area contributed by atoms with E-state index in [9.17, 15) is 10.2 Å². The molecule has 2 atom stereocenters. The largest absolute Gasteiger partial charge is 0.390 e. The van der Waals surface area contributed by atoms with Gasteiger partial charge >= 0.3 is 0 Å². The van der Waals surface area contributed by atoms with Crippen molar-refractivity contribution >= 4 is 0 Å². The van der Waals surface area contributed by atoms with Gasteiger partial charge in [-0.05, 0) is 25.2 Å². The van der Waals surface area contributed by atoms with Gasteiger partial charge in [0.2, 0.25) is 0 Å². The molecule has 0 radical (unpaired) electrons. The Morgan fingerprint density at radius 1 is 1.19 bits per heavy atom. The third-order valence-electron chi connectivity index (χ3n) is 4.19. The third kappa shape index (κ3) is 3.74. The molecule has 16 heavy (non-hydrogen) atoms. The second-order valence-corrected chi connectivity index (χ2v) is 5.48. The Hall–Kier alpha value is -0.0800. The van der Waals surface area contributed by atoms with E-state index in [1.807, 2.05) is 0 Å². The Labute approximate surface area is 100 Å². The third-order valence-corrected chi connectivity index (χ3v) is 4.19. The molecule has 1 aliphatic rings. The molecule has 1 rings (SSSR count). The van der Waals surface area contributed by atoms with E-state index in [0.29, 0.717) is 5.92 Å². The highest BCUT2D eigenvalue weighted by Crippen LogP contribution is 2.35. The number of rotatable bonds is 7. The van der Waals surface area contributed by atoms with Crippen LogP contribution in [0.25, 0.3) is 0 Å². The van der Waals surface area contributed by atoms with Gasteiger partial charge in [0.05, 0.1) is 11.7 Å². The van der Waals surface area contributed by atoms with E-state index in [-0.39, 0.29) is 0 Å². The van der Waals surface area contributed by atoms with Gasteiger partial charge in [0.15, 0.2) is 0 Å². The Morgan fingerprint density at radius 3 is 2.31 bits per heavy atom. The van der Waals surface area contributed by atoms with Crippen molar-refractivity contribution in [3.63, 3.8) is 0 Å². The van der Waals surface area contributed by atoms with Gasteiger partial charge < -0.3 is 10.2 Å². The van der Waals surface area contributed by atoms with Crippen LogP contribution in [0.4, 0.5) is 0 Å². The molecule has 0 aliphatic heterocycles. The average Bonchev–Trinajstić information content (AvgIpc) is 2.72. The Kier molecular flexibility index (Phi) is 5.77. The molecular weight excluding hydrogens is 200 g/mol. The van der Waals surface area contributed by atoms with E-state index in [0.717, 1.165) is 38.5 Å². The first-order valence-corrected chi connectivity index (χ1v) is 7.02. The van der Waals surface area contributed by atoms with Crippen LogP contribution in [0.1, 0.15) is 71.6 Å². The zero-order valence-electron chi connectivity index (χ0n) is 10.9. The molecule has 0 heterocycles. The second-order valence-electron chi connectivity index (χ2n) is 5.48. The van der Waals surface area contributed by atoms with Crippen LogP contribution in [0.3, 0.4) is 0 Å². The van der Waals surface area contributed by atoms with Crippen LogP contribution in [0.15, 0.2) is 0 Å². The maximum Gasteiger partial charge on any atom is 0.0905 e. The topological polar surface area (TPSA) is 40.5 Å². The quantitative estimate of drug-likeness (QED) is 0.702. The first kappa shape index (κ1) is 14.0. The molecule has 1 saturated carbocycles. The molecule has 1 aliphatic carbocycles. The lowest BCUT2D eigenvalue weighted by molar-refractivity contribution is -0.0796. The molecule has 0 spiro atoms. The number of hydrogen-bond donors (Lipinski definition) is 2. The minimum absolute atomic E-state index is 0.503. The summed E-state index contributed by atoms with van der Waals surface area (Å²) in [7, 11) is 0. The van der Waals surface area contributed by atoms with Crippen molar-refractivity contribution in [3.8, 4) is 0 Å². The fourth-order valence-corrected chi connectivity index (χ4v) is 2.84. The van der Waals surface area contributed by atoms with Crippen LogP contribution in [-0.4, -0.2) is 21.9 Å². The van der Waals surface area contributed by atoms with Crippen molar-refractivity contribution in [3.05, 3.63) is 0 Å². The summed E-state index contributed by atoms with van der Waals surface area (Å²) >= 11 is 0. The van der Waals surface area contributed by atoms with Crippen LogP contribution >= 0.6 is 0 Å². The predicted molar refractivity (Wildman–Crippen MR) is 67.3 cm³/mol. The fourth-order valence-electron chi connectivity index (χ4n) is 2.84. The summed E-state index contributed by atoms with van der Waals surface area (Å²) in [5.41, 5.74) is -0.764. The van der Waals surface area contributed by atoms with Crippen molar-refractivity contribution in [1.29, 1.82) is 0 Å². The maximum atomic E-state index is 10.3. The van der Waals surface area contributed by atoms with E-state index < -0.39 is 11.7 Å². The molecule has 0 aromatic rings. The van der Waals surface area contributed by atoms with Gasteiger partial charge in [-0.15, -0.1) is 0 Å². The summed E-state index contributed by atoms with van der Waals surface area (Å²) in [4.78, 5) is 0. The molecule has 0 bridgehead atoms. The summed E-state index contributed by atoms with van der Waals surface area (Å²) in [5.74, 6) is 0.583. The Balaban J connectivity index is 2.38. The van der Waals surface area contributed by atoms with Gasteiger partial charge in [0.25, 0.3) is 0 Å². The smallest absolute Gasteiger partial charge is 0.0905 e. The van der Waals surface area contributed by atoms with Gasteiger partial charge in [-0.1, -0.05) is 52.4 Å². The minimum Gasteiger partial charge on any atom is -0.390 e. The zero-order valence-corrected chi connectivity index (χ0v) is 10.9. The molecule has 0 aromatic carbocycles. The standard InChI is InChI=1S/C14H28O2/c1-3-5-8-12(4-2)11-13(15)14(16)9-6-7-10-14/h12-13,15-16H,3-11H2,1-2H3. The lowest BCUT2D eigenvalue weighted by atomic mass is 9.85. The number of aliphatic hydroxyl groups excluding tert-OH is 1. The van der Waals surface area contributed by atoms with Gasteiger partial charge in [-0.25, -0.2) is 0 Å². The minimum atomic E-state index is -0.764. The van der Waals surface area contributed by atoms with Crippen LogP contribution in [-0.2, 0) is 0 Å². The average molecular weight is 228 g/mol. The monoisotopic (exact) mass is 228 g/mol. The van der Waals surface area contributed by atoms with Crippen molar-refractivity contribution in [2.45, 2.75) is 83.3 Å². The van der Waals surface area contributed by atoms with Crippen LogP contribution < -0.4 is 0 Å². The van der Waals surface area contributed by atoms with Crippen LogP contribution in [0, 0.1) is 5.92 Å². The molecule has 1 fully saturated rings. The SMILES string of the molecule is CCCCC(CC)CC(O)C1(O)CCCC1. The zero-order chi connectivity index (χ0) is 12.0. The molecule has 96 valence electrons. The number of aliphatic hydroxyl groups is 2.